The van der Waals surface area contributed by atoms with Gasteiger partial charge in [-0.3, -0.25) is 4.79 Å². The zero-order valence-electron chi connectivity index (χ0n) is 19.3. The number of halogens is 3. The summed E-state index contributed by atoms with van der Waals surface area (Å²) in [6.07, 6.45) is -1.58. The first-order valence-electron chi connectivity index (χ1n) is 10.8. The van der Waals surface area contributed by atoms with E-state index < -0.39 is 26.8 Å². The van der Waals surface area contributed by atoms with E-state index in [2.05, 4.69) is 0 Å². The van der Waals surface area contributed by atoms with Crippen LogP contribution in [-0.2, 0) is 32.4 Å². The molecule has 3 aromatic carbocycles. The lowest BCUT2D eigenvalue weighted by Gasteiger charge is -2.21. The van der Waals surface area contributed by atoms with Crippen molar-refractivity contribution in [3.8, 4) is 5.75 Å². The van der Waals surface area contributed by atoms with Crippen molar-refractivity contribution < 1.29 is 35.3 Å². The summed E-state index contributed by atoms with van der Waals surface area (Å²) >= 11 is 0. The molecule has 3 rings (SSSR count). The van der Waals surface area contributed by atoms with Crippen LogP contribution in [0.5, 0.6) is 5.75 Å². The molecule has 0 bridgehead atoms. The second-order valence-electron chi connectivity index (χ2n) is 7.71. The molecule has 0 saturated carbocycles. The summed E-state index contributed by atoms with van der Waals surface area (Å²) in [5.74, 6) is -0.373. The SMILES string of the molecule is COCCN(Cc1cccc(OS(=O)(=O)c2cccc(C(F)(F)F)c2)c1)C(=O)/C=C/c1ccccc1. The molecule has 0 fully saturated rings. The normalized spacial score (nSPS) is 12.0. The maximum Gasteiger partial charge on any atom is 0.416 e. The van der Waals surface area contributed by atoms with Crippen molar-refractivity contribution >= 4 is 22.1 Å². The lowest BCUT2D eigenvalue weighted by molar-refractivity contribution is -0.137. The number of amides is 1. The van der Waals surface area contributed by atoms with Crippen LogP contribution >= 0.6 is 0 Å². The molecule has 0 radical (unpaired) electrons. The number of carbonyl (C=O) groups is 1. The number of hydrogen-bond acceptors (Lipinski definition) is 5. The molecule has 0 aromatic heterocycles. The van der Waals surface area contributed by atoms with E-state index in [9.17, 15) is 26.4 Å². The fourth-order valence-corrected chi connectivity index (χ4v) is 4.19. The van der Waals surface area contributed by atoms with Crippen LogP contribution in [0, 0.1) is 0 Å². The predicted octanol–water partition coefficient (Wildman–Crippen LogP) is 5.16. The molecule has 190 valence electrons. The summed E-state index contributed by atoms with van der Waals surface area (Å²) in [4.78, 5) is 13.7. The van der Waals surface area contributed by atoms with E-state index in [1.54, 1.807) is 12.1 Å². The van der Waals surface area contributed by atoms with Crippen LogP contribution in [0.1, 0.15) is 16.7 Å². The predicted molar refractivity (Wildman–Crippen MR) is 128 cm³/mol. The standard InChI is InChI=1S/C26H24F3NO5S/c1-34-16-15-30(25(31)14-13-20-7-3-2-4-8-20)19-21-9-5-11-23(17-21)35-36(32,33)24-12-6-10-22(18-24)26(27,28)29/h2-14,17-18H,15-16,19H2,1H3/b14-13+. The Morgan fingerprint density at radius 3 is 2.39 bits per heavy atom. The van der Waals surface area contributed by atoms with Crippen molar-refractivity contribution in [1.29, 1.82) is 0 Å². The molecule has 0 atom stereocenters. The highest BCUT2D eigenvalue weighted by atomic mass is 32.2. The largest absolute Gasteiger partial charge is 0.416 e. The molecular formula is C26H24F3NO5S. The Kier molecular flexibility index (Phi) is 8.89. The van der Waals surface area contributed by atoms with Crippen LogP contribution < -0.4 is 4.18 Å². The van der Waals surface area contributed by atoms with Gasteiger partial charge in [0.2, 0.25) is 5.91 Å². The Bertz CT molecular complexity index is 1310. The molecule has 0 spiro atoms. The Hall–Kier alpha value is -3.63. The van der Waals surface area contributed by atoms with E-state index in [0.717, 1.165) is 23.8 Å². The van der Waals surface area contributed by atoms with Gasteiger partial charge in [0.1, 0.15) is 10.6 Å². The Morgan fingerprint density at radius 1 is 0.972 bits per heavy atom. The zero-order valence-corrected chi connectivity index (χ0v) is 20.1. The molecule has 36 heavy (non-hydrogen) atoms. The fourth-order valence-electron chi connectivity index (χ4n) is 3.22. The van der Waals surface area contributed by atoms with Crippen LogP contribution in [0.15, 0.2) is 89.8 Å². The molecule has 1 amide bonds. The van der Waals surface area contributed by atoms with Gasteiger partial charge in [-0.15, -0.1) is 0 Å². The van der Waals surface area contributed by atoms with E-state index in [1.807, 2.05) is 30.3 Å². The maximum atomic E-state index is 13.0. The second-order valence-corrected chi connectivity index (χ2v) is 9.25. The third kappa shape index (κ3) is 7.69. The summed E-state index contributed by atoms with van der Waals surface area (Å²) in [5, 5.41) is 0. The van der Waals surface area contributed by atoms with Gasteiger partial charge < -0.3 is 13.8 Å². The number of ether oxygens (including phenoxy) is 1. The van der Waals surface area contributed by atoms with Gasteiger partial charge in [0.25, 0.3) is 0 Å². The topological polar surface area (TPSA) is 72.9 Å². The molecular weight excluding hydrogens is 495 g/mol. The zero-order chi connectivity index (χ0) is 26.2. The fraction of sp³-hybridized carbons (Fsp3) is 0.192. The summed E-state index contributed by atoms with van der Waals surface area (Å²) in [7, 11) is -3.01. The van der Waals surface area contributed by atoms with E-state index in [1.165, 1.54) is 36.3 Å². The Labute approximate surface area is 207 Å². The minimum Gasteiger partial charge on any atom is -0.383 e. The smallest absolute Gasteiger partial charge is 0.383 e. The van der Waals surface area contributed by atoms with Crippen LogP contribution in [-0.4, -0.2) is 39.5 Å². The highest BCUT2D eigenvalue weighted by molar-refractivity contribution is 7.87. The number of methoxy groups -OCH3 is 1. The lowest BCUT2D eigenvalue weighted by atomic mass is 10.2. The van der Waals surface area contributed by atoms with Crippen molar-refractivity contribution in [2.75, 3.05) is 20.3 Å². The molecule has 0 unspecified atom stereocenters. The monoisotopic (exact) mass is 519 g/mol. The number of hydrogen-bond donors (Lipinski definition) is 0. The summed E-state index contributed by atoms with van der Waals surface area (Å²) < 4.78 is 74.3. The molecule has 0 heterocycles. The first-order chi connectivity index (χ1) is 17.1. The first kappa shape index (κ1) is 27.0. The number of carbonyl (C=O) groups excluding carboxylic acids is 1. The molecule has 3 aromatic rings. The molecule has 6 nitrogen and oxygen atoms in total. The molecule has 0 aliphatic rings. The summed E-state index contributed by atoms with van der Waals surface area (Å²) in [6.45, 7) is 0.690. The minimum absolute atomic E-state index is 0.0936. The van der Waals surface area contributed by atoms with E-state index in [0.29, 0.717) is 11.6 Å². The van der Waals surface area contributed by atoms with Gasteiger partial charge >= 0.3 is 16.3 Å². The van der Waals surface area contributed by atoms with Crippen molar-refractivity contribution in [3.05, 3.63) is 102 Å². The second kappa shape index (κ2) is 11.9. The number of nitrogens with zero attached hydrogens (tertiary/aromatic N) is 1. The number of rotatable bonds is 10. The molecule has 0 aliphatic heterocycles. The van der Waals surface area contributed by atoms with E-state index >= 15 is 0 Å². The van der Waals surface area contributed by atoms with Gasteiger partial charge in [-0.05, 0) is 47.5 Å². The van der Waals surface area contributed by atoms with Crippen molar-refractivity contribution in [2.24, 2.45) is 0 Å². The average molecular weight is 520 g/mol. The Morgan fingerprint density at radius 2 is 1.69 bits per heavy atom. The van der Waals surface area contributed by atoms with Crippen molar-refractivity contribution in [2.45, 2.75) is 17.6 Å². The van der Waals surface area contributed by atoms with Gasteiger partial charge in [0, 0.05) is 26.3 Å². The van der Waals surface area contributed by atoms with Gasteiger partial charge in [0.15, 0.2) is 0 Å². The molecule has 0 aliphatic carbocycles. The highest BCUT2D eigenvalue weighted by Gasteiger charge is 2.32. The number of alkyl halides is 3. The summed E-state index contributed by atoms with van der Waals surface area (Å²) in [6, 6.07) is 18.6. The average Bonchev–Trinajstić information content (AvgIpc) is 2.85. The third-order valence-electron chi connectivity index (χ3n) is 5.02. The van der Waals surface area contributed by atoms with Gasteiger partial charge in [-0.1, -0.05) is 48.5 Å². The van der Waals surface area contributed by atoms with Crippen LogP contribution in [0.4, 0.5) is 13.2 Å². The van der Waals surface area contributed by atoms with Gasteiger partial charge in [-0.25, -0.2) is 0 Å². The Balaban J connectivity index is 1.77. The molecule has 0 N–H and O–H groups in total. The summed E-state index contributed by atoms with van der Waals surface area (Å²) in [5.41, 5.74) is 0.314. The van der Waals surface area contributed by atoms with Crippen molar-refractivity contribution in [1.82, 2.24) is 4.90 Å². The van der Waals surface area contributed by atoms with Crippen LogP contribution in [0.2, 0.25) is 0 Å². The van der Waals surface area contributed by atoms with E-state index in [-0.39, 0.29) is 31.4 Å². The highest BCUT2D eigenvalue weighted by Crippen LogP contribution is 2.31. The van der Waals surface area contributed by atoms with Gasteiger partial charge in [-0.2, -0.15) is 21.6 Å². The number of benzene rings is 3. The van der Waals surface area contributed by atoms with Crippen LogP contribution in [0.3, 0.4) is 0 Å². The lowest BCUT2D eigenvalue weighted by Crippen LogP contribution is -2.32. The van der Waals surface area contributed by atoms with Crippen LogP contribution in [0.25, 0.3) is 6.08 Å². The quantitative estimate of drug-likeness (QED) is 0.273. The van der Waals surface area contributed by atoms with Crippen molar-refractivity contribution in [3.63, 3.8) is 0 Å². The van der Waals surface area contributed by atoms with E-state index in [4.69, 9.17) is 8.92 Å². The first-order valence-corrected chi connectivity index (χ1v) is 12.2. The molecule has 10 heteroatoms. The maximum absolute atomic E-state index is 13.0. The minimum atomic E-state index is -4.70. The van der Waals surface area contributed by atoms with Gasteiger partial charge in [0.05, 0.1) is 12.2 Å². The molecule has 0 saturated heterocycles. The third-order valence-corrected chi connectivity index (χ3v) is 6.27.